The Balaban J connectivity index is 1.45. The monoisotopic (exact) mass is 446 g/mol. The Kier molecular flexibility index (Phi) is 6.16. The summed E-state index contributed by atoms with van der Waals surface area (Å²) in [4.78, 5) is 31.5. The number of aromatic amines is 1. The lowest BCUT2D eigenvalue weighted by atomic mass is 10.1. The molecule has 0 unspecified atom stereocenters. The zero-order valence-electron chi connectivity index (χ0n) is 15.9. The van der Waals surface area contributed by atoms with Gasteiger partial charge in [0.15, 0.2) is 5.16 Å². The van der Waals surface area contributed by atoms with Crippen molar-refractivity contribution in [3.8, 4) is 27.9 Å². The molecule has 0 saturated carbocycles. The number of nitrogens with one attached hydrogen (secondary N) is 2. The van der Waals surface area contributed by atoms with Crippen molar-refractivity contribution in [2.24, 2.45) is 0 Å². The van der Waals surface area contributed by atoms with E-state index >= 15 is 0 Å². The van der Waals surface area contributed by atoms with Gasteiger partial charge in [0.05, 0.1) is 11.4 Å². The third-order valence-corrected chi connectivity index (χ3v) is 5.85. The van der Waals surface area contributed by atoms with E-state index in [0.29, 0.717) is 15.7 Å². The van der Waals surface area contributed by atoms with E-state index in [-0.39, 0.29) is 28.1 Å². The number of nitrogens with zero attached hydrogens (tertiary/aromatic N) is 4. The number of H-pyrrole nitrogens is 1. The summed E-state index contributed by atoms with van der Waals surface area (Å²) >= 11 is 2.33. The molecule has 0 spiro atoms. The van der Waals surface area contributed by atoms with Gasteiger partial charge in [-0.05, 0) is 0 Å². The van der Waals surface area contributed by atoms with Crippen molar-refractivity contribution in [3.05, 3.63) is 76.6 Å². The Bertz CT molecular complexity index is 1310. The number of benzene rings is 2. The van der Waals surface area contributed by atoms with Gasteiger partial charge in [-0.15, -0.1) is 10.2 Å². The number of rotatable bonds is 6. The highest BCUT2D eigenvalue weighted by molar-refractivity contribution is 7.99. The number of anilines is 1. The van der Waals surface area contributed by atoms with E-state index in [1.165, 1.54) is 11.3 Å². The molecule has 4 rings (SSSR count). The van der Waals surface area contributed by atoms with Gasteiger partial charge in [0.2, 0.25) is 11.0 Å². The minimum Gasteiger partial charge on any atom is -0.300 e. The van der Waals surface area contributed by atoms with Crippen LogP contribution in [0.4, 0.5) is 5.13 Å². The number of nitriles is 1. The first-order valence-electron chi connectivity index (χ1n) is 9.05. The van der Waals surface area contributed by atoms with Crippen molar-refractivity contribution >= 4 is 34.1 Å². The van der Waals surface area contributed by atoms with Crippen molar-refractivity contribution in [1.29, 1.82) is 5.26 Å². The molecule has 2 aromatic carbocycles. The second-order valence-electron chi connectivity index (χ2n) is 6.19. The minimum atomic E-state index is -0.545. The molecule has 1 amide bonds. The number of aromatic nitrogens is 4. The Hall–Kier alpha value is -3.81. The van der Waals surface area contributed by atoms with Gasteiger partial charge < -0.3 is 4.98 Å². The molecule has 0 aliphatic rings. The standard InChI is InChI=1S/C21H14N6O2S2/c22-11-15-17(13-7-3-1-4-8-13)24-20(25-18(15)29)30-12-16(28)23-21-27-26-19(31-21)14-9-5-2-6-10-14/h1-10H,12H2,(H,23,27,28)(H,24,25,29). The lowest BCUT2D eigenvalue weighted by Gasteiger charge is -2.06. The fourth-order valence-corrected chi connectivity index (χ4v) is 4.12. The van der Waals surface area contributed by atoms with E-state index in [4.69, 9.17) is 0 Å². The van der Waals surface area contributed by atoms with Crippen LogP contribution in [0.3, 0.4) is 0 Å². The number of carbonyl (C=O) groups is 1. The maximum atomic E-state index is 12.3. The van der Waals surface area contributed by atoms with Gasteiger partial charge in [0, 0.05) is 11.1 Å². The molecule has 8 nitrogen and oxygen atoms in total. The highest BCUT2D eigenvalue weighted by Gasteiger charge is 2.15. The number of amides is 1. The average Bonchev–Trinajstić information content (AvgIpc) is 3.27. The molecule has 152 valence electrons. The summed E-state index contributed by atoms with van der Waals surface area (Å²) in [6.07, 6.45) is 0. The van der Waals surface area contributed by atoms with Crippen LogP contribution in [0, 0.1) is 11.3 Å². The third kappa shape index (κ3) is 4.85. The zero-order valence-corrected chi connectivity index (χ0v) is 17.5. The van der Waals surface area contributed by atoms with E-state index in [9.17, 15) is 14.9 Å². The normalized spacial score (nSPS) is 10.4. The van der Waals surface area contributed by atoms with E-state index in [1.807, 2.05) is 42.5 Å². The number of hydrogen-bond acceptors (Lipinski definition) is 8. The molecular formula is C21H14N6O2S2. The minimum absolute atomic E-state index is 0.00329. The number of carbonyl (C=O) groups excluding carboxylic acids is 1. The molecule has 2 aromatic heterocycles. The van der Waals surface area contributed by atoms with Crippen molar-refractivity contribution in [2.75, 3.05) is 11.1 Å². The molecule has 2 heterocycles. The molecule has 0 radical (unpaired) electrons. The molecule has 0 bridgehead atoms. The Morgan fingerprint density at radius 2 is 1.74 bits per heavy atom. The van der Waals surface area contributed by atoms with Gasteiger partial charge >= 0.3 is 0 Å². The Morgan fingerprint density at radius 1 is 1.06 bits per heavy atom. The first-order valence-corrected chi connectivity index (χ1v) is 10.9. The molecule has 10 heteroatoms. The van der Waals surface area contributed by atoms with Gasteiger partial charge in [-0.25, -0.2) is 4.98 Å². The van der Waals surface area contributed by atoms with E-state index in [2.05, 4.69) is 25.5 Å². The maximum Gasteiger partial charge on any atom is 0.270 e. The van der Waals surface area contributed by atoms with Crippen molar-refractivity contribution in [2.45, 2.75) is 5.16 Å². The summed E-state index contributed by atoms with van der Waals surface area (Å²) in [7, 11) is 0. The fraction of sp³-hybridized carbons (Fsp3) is 0.0476. The average molecular weight is 447 g/mol. The summed E-state index contributed by atoms with van der Waals surface area (Å²) in [5.41, 5.74) is 1.24. The molecule has 2 N–H and O–H groups in total. The summed E-state index contributed by atoms with van der Waals surface area (Å²) in [5.74, 6) is -0.308. The molecule has 0 atom stereocenters. The van der Waals surface area contributed by atoms with Gasteiger partial charge in [-0.3, -0.25) is 14.9 Å². The lowest BCUT2D eigenvalue weighted by Crippen LogP contribution is -2.17. The maximum absolute atomic E-state index is 12.3. The largest absolute Gasteiger partial charge is 0.300 e. The molecular weight excluding hydrogens is 432 g/mol. The van der Waals surface area contributed by atoms with Crippen LogP contribution in [0.5, 0.6) is 0 Å². The lowest BCUT2D eigenvalue weighted by molar-refractivity contribution is -0.113. The molecule has 31 heavy (non-hydrogen) atoms. The zero-order chi connectivity index (χ0) is 21.6. The molecule has 0 saturated heterocycles. The van der Waals surface area contributed by atoms with E-state index in [1.54, 1.807) is 24.3 Å². The first-order chi connectivity index (χ1) is 15.1. The molecule has 0 fully saturated rings. The van der Waals surface area contributed by atoms with E-state index < -0.39 is 5.56 Å². The fourth-order valence-electron chi connectivity index (χ4n) is 2.69. The SMILES string of the molecule is N#Cc1c(-c2ccccc2)nc(SCC(=O)Nc2nnc(-c3ccccc3)s2)[nH]c1=O. The molecule has 0 aliphatic carbocycles. The van der Waals surface area contributed by atoms with Gasteiger partial charge in [0.25, 0.3) is 5.56 Å². The van der Waals surface area contributed by atoms with Crippen LogP contribution in [-0.4, -0.2) is 31.8 Å². The summed E-state index contributed by atoms with van der Waals surface area (Å²) < 4.78 is 0. The van der Waals surface area contributed by atoms with Crippen LogP contribution in [0.1, 0.15) is 5.56 Å². The second-order valence-corrected chi connectivity index (χ2v) is 8.13. The summed E-state index contributed by atoms with van der Waals surface area (Å²) in [5, 5.41) is 21.4. The van der Waals surface area contributed by atoms with Crippen LogP contribution < -0.4 is 10.9 Å². The first kappa shape index (κ1) is 20.5. The molecule has 0 aliphatic heterocycles. The highest BCUT2D eigenvalue weighted by atomic mass is 32.2. The predicted octanol–water partition coefficient (Wildman–Crippen LogP) is 3.56. The van der Waals surface area contributed by atoms with Crippen LogP contribution in [-0.2, 0) is 4.79 Å². The van der Waals surface area contributed by atoms with Gasteiger partial charge in [0.1, 0.15) is 16.6 Å². The quantitative estimate of drug-likeness (QED) is 0.343. The van der Waals surface area contributed by atoms with Crippen LogP contribution in [0.15, 0.2) is 70.6 Å². The third-order valence-electron chi connectivity index (χ3n) is 4.09. The Morgan fingerprint density at radius 3 is 2.42 bits per heavy atom. The number of thioether (sulfide) groups is 1. The van der Waals surface area contributed by atoms with Gasteiger partial charge in [-0.1, -0.05) is 83.8 Å². The highest BCUT2D eigenvalue weighted by Crippen LogP contribution is 2.26. The smallest absolute Gasteiger partial charge is 0.270 e. The summed E-state index contributed by atoms with van der Waals surface area (Å²) in [6, 6.07) is 20.4. The number of hydrogen-bond donors (Lipinski definition) is 2. The van der Waals surface area contributed by atoms with Crippen LogP contribution in [0.25, 0.3) is 21.8 Å². The second kappa shape index (κ2) is 9.34. The predicted molar refractivity (Wildman–Crippen MR) is 120 cm³/mol. The van der Waals surface area contributed by atoms with E-state index in [0.717, 1.165) is 17.3 Å². The molecule has 4 aromatic rings. The van der Waals surface area contributed by atoms with Crippen LogP contribution in [0.2, 0.25) is 0 Å². The van der Waals surface area contributed by atoms with Crippen molar-refractivity contribution < 1.29 is 4.79 Å². The van der Waals surface area contributed by atoms with Crippen molar-refractivity contribution in [3.63, 3.8) is 0 Å². The topological polar surface area (TPSA) is 124 Å². The summed E-state index contributed by atoms with van der Waals surface area (Å²) in [6.45, 7) is 0. The Labute approximate surface area is 185 Å². The van der Waals surface area contributed by atoms with Gasteiger partial charge in [-0.2, -0.15) is 5.26 Å². The van der Waals surface area contributed by atoms with Crippen LogP contribution >= 0.6 is 23.1 Å². The van der Waals surface area contributed by atoms with Crippen molar-refractivity contribution in [1.82, 2.24) is 20.2 Å².